The Balaban J connectivity index is 2.25. The molecule has 2 rings (SSSR count). The molecular weight excluding hydrogens is 204 g/mol. The van der Waals surface area contributed by atoms with E-state index >= 15 is 0 Å². The van der Waals surface area contributed by atoms with Crippen molar-refractivity contribution in [2.75, 3.05) is 13.7 Å². The molecule has 84 valence electrons. The van der Waals surface area contributed by atoms with E-state index in [-0.39, 0.29) is 17.7 Å². The fraction of sp³-hybridized carbons (Fsp3) is 0.417. The molecule has 1 aromatic carbocycles. The highest BCUT2D eigenvalue weighted by Gasteiger charge is 2.27. The first-order valence-corrected chi connectivity index (χ1v) is 5.25. The minimum atomic E-state index is 0.0237. The Morgan fingerprint density at radius 3 is 3.00 bits per heavy atom. The van der Waals surface area contributed by atoms with Crippen LogP contribution in [0.15, 0.2) is 18.2 Å². The first-order valence-electron chi connectivity index (χ1n) is 5.25. The highest BCUT2D eigenvalue weighted by molar-refractivity contribution is 5.47. The molecule has 2 atom stereocenters. The normalized spacial score (nSPS) is 24.0. The van der Waals surface area contributed by atoms with Gasteiger partial charge in [-0.25, -0.2) is 0 Å². The van der Waals surface area contributed by atoms with Gasteiger partial charge in [0.05, 0.1) is 19.1 Å². The highest BCUT2D eigenvalue weighted by atomic mass is 16.5. The van der Waals surface area contributed by atoms with Gasteiger partial charge in [0, 0.05) is 18.2 Å². The molecule has 0 amide bonds. The number of aromatic hydroxyl groups is 1. The van der Waals surface area contributed by atoms with Gasteiger partial charge in [-0.05, 0) is 12.5 Å². The Hall–Kier alpha value is -1.73. The van der Waals surface area contributed by atoms with Crippen molar-refractivity contribution in [3.05, 3.63) is 23.8 Å². The molecule has 0 aromatic heterocycles. The molecule has 2 N–H and O–H groups in total. The molecule has 0 spiro atoms. The second-order valence-electron chi connectivity index (χ2n) is 3.92. The van der Waals surface area contributed by atoms with Crippen molar-refractivity contribution < 1.29 is 9.84 Å². The lowest BCUT2D eigenvalue weighted by molar-refractivity contribution is 0.367. The van der Waals surface area contributed by atoms with Gasteiger partial charge in [-0.1, -0.05) is 12.1 Å². The summed E-state index contributed by atoms with van der Waals surface area (Å²) >= 11 is 0. The van der Waals surface area contributed by atoms with Gasteiger partial charge in [0.1, 0.15) is 0 Å². The number of para-hydroxylation sites is 1. The summed E-state index contributed by atoms with van der Waals surface area (Å²) in [4.78, 5) is 0. The summed E-state index contributed by atoms with van der Waals surface area (Å²) < 4.78 is 5.06. The van der Waals surface area contributed by atoms with Crippen molar-refractivity contribution in [1.29, 1.82) is 5.26 Å². The van der Waals surface area contributed by atoms with E-state index in [2.05, 4.69) is 11.4 Å². The average molecular weight is 218 g/mol. The number of methoxy groups -OCH3 is 1. The number of nitrogens with zero attached hydrogens (tertiary/aromatic N) is 1. The van der Waals surface area contributed by atoms with Crippen molar-refractivity contribution in [2.24, 2.45) is 5.92 Å². The quantitative estimate of drug-likeness (QED) is 0.790. The Kier molecular flexibility index (Phi) is 2.97. The van der Waals surface area contributed by atoms with Crippen LogP contribution < -0.4 is 10.1 Å². The van der Waals surface area contributed by atoms with Gasteiger partial charge < -0.3 is 15.2 Å². The Labute approximate surface area is 94.5 Å². The molecule has 4 nitrogen and oxygen atoms in total. The summed E-state index contributed by atoms with van der Waals surface area (Å²) in [6.45, 7) is 0.678. The van der Waals surface area contributed by atoms with Gasteiger partial charge in [-0.15, -0.1) is 0 Å². The topological polar surface area (TPSA) is 65.3 Å². The van der Waals surface area contributed by atoms with Crippen LogP contribution in [0.4, 0.5) is 0 Å². The number of benzene rings is 1. The summed E-state index contributed by atoms with van der Waals surface area (Å²) in [6, 6.07) is 7.69. The van der Waals surface area contributed by atoms with Crippen LogP contribution >= 0.6 is 0 Å². The summed E-state index contributed by atoms with van der Waals surface area (Å²) in [5.41, 5.74) is 0.803. The SMILES string of the molecule is COc1cccc(C2CC(C#N)CN2)c1O. The number of rotatable bonds is 2. The summed E-state index contributed by atoms with van der Waals surface area (Å²) in [6.07, 6.45) is 0.733. The van der Waals surface area contributed by atoms with Gasteiger partial charge >= 0.3 is 0 Å². The predicted octanol–water partition coefficient (Wildman–Crippen LogP) is 1.57. The largest absolute Gasteiger partial charge is 0.504 e. The minimum Gasteiger partial charge on any atom is -0.504 e. The van der Waals surface area contributed by atoms with E-state index in [1.807, 2.05) is 12.1 Å². The van der Waals surface area contributed by atoms with E-state index in [9.17, 15) is 5.11 Å². The lowest BCUT2D eigenvalue weighted by Gasteiger charge is -2.14. The van der Waals surface area contributed by atoms with Crippen molar-refractivity contribution in [2.45, 2.75) is 12.5 Å². The van der Waals surface area contributed by atoms with Crippen molar-refractivity contribution >= 4 is 0 Å². The van der Waals surface area contributed by atoms with Crippen LogP contribution in [-0.2, 0) is 0 Å². The zero-order valence-electron chi connectivity index (χ0n) is 9.10. The van der Waals surface area contributed by atoms with Crippen LogP contribution in [0.1, 0.15) is 18.0 Å². The summed E-state index contributed by atoms with van der Waals surface area (Å²) in [7, 11) is 1.53. The van der Waals surface area contributed by atoms with E-state index in [0.29, 0.717) is 12.3 Å². The molecule has 0 saturated carbocycles. The molecular formula is C12H14N2O2. The predicted molar refractivity (Wildman–Crippen MR) is 59.1 cm³/mol. The minimum absolute atomic E-state index is 0.0237. The fourth-order valence-electron chi connectivity index (χ4n) is 2.06. The Morgan fingerprint density at radius 2 is 2.38 bits per heavy atom. The van der Waals surface area contributed by atoms with Crippen LogP contribution in [0.5, 0.6) is 11.5 Å². The van der Waals surface area contributed by atoms with Crippen LogP contribution in [-0.4, -0.2) is 18.8 Å². The van der Waals surface area contributed by atoms with E-state index in [4.69, 9.17) is 10.00 Å². The number of nitrogens with one attached hydrogen (secondary N) is 1. The number of hydrogen-bond donors (Lipinski definition) is 2. The number of hydrogen-bond acceptors (Lipinski definition) is 4. The summed E-state index contributed by atoms with van der Waals surface area (Å²) in [5.74, 6) is 0.663. The first-order chi connectivity index (χ1) is 7.76. The number of phenolic OH excluding ortho intramolecular Hbond substituents is 1. The molecule has 16 heavy (non-hydrogen) atoms. The monoisotopic (exact) mass is 218 g/mol. The third kappa shape index (κ3) is 1.82. The lowest BCUT2D eigenvalue weighted by atomic mass is 10.00. The van der Waals surface area contributed by atoms with Crippen LogP contribution in [0, 0.1) is 17.2 Å². The standard InChI is InChI=1S/C12H14N2O2/c1-16-11-4-2-3-9(12(11)15)10-5-8(6-13)7-14-10/h2-4,8,10,14-15H,5,7H2,1H3. The third-order valence-corrected chi connectivity index (χ3v) is 2.94. The molecule has 1 aliphatic rings. The molecule has 1 aliphatic heterocycles. The molecule has 1 saturated heterocycles. The van der Waals surface area contributed by atoms with Gasteiger partial charge in [-0.2, -0.15) is 5.26 Å². The van der Waals surface area contributed by atoms with Crippen LogP contribution in [0.3, 0.4) is 0 Å². The molecule has 0 bridgehead atoms. The molecule has 2 unspecified atom stereocenters. The maximum absolute atomic E-state index is 9.96. The van der Waals surface area contributed by atoms with E-state index in [0.717, 1.165) is 12.0 Å². The lowest BCUT2D eigenvalue weighted by Crippen LogP contribution is -2.13. The van der Waals surface area contributed by atoms with Crippen LogP contribution in [0.2, 0.25) is 0 Å². The smallest absolute Gasteiger partial charge is 0.162 e. The highest BCUT2D eigenvalue weighted by Crippen LogP contribution is 2.37. The second kappa shape index (κ2) is 4.42. The molecule has 1 fully saturated rings. The van der Waals surface area contributed by atoms with E-state index in [1.54, 1.807) is 6.07 Å². The molecule has 1 aromatic rings. The number of phenols is 1. The first kappa shape index (κ1) is 10.8. The van der Waals surface area contributed by atoms with E-state index < -0.39 is 0 Å². The number of nitriles is 1. The van der Waals surface area contributed by atoms with Crippen molar-refractivity contribution in [3.63, 3.8) is 0 Å². The summed E-state index contributed by atoms with van der Waals surface area (Å²) in [5, 5.41) is 22.0. The Morgan fingerprint density at radius 1 is 1.56 bits per heavy atom. The third-order valence-electron chi connectivity index (χ3n) is 2.94. The maximum atomic E-state index is 9.96. The molecule has 0 aliphatic carbocycles. The van der Waals surface area contributed by atoms with Gasteiger partial charge in [0.25, 0.3) is 0 Å². The van der Waals surface area contributed by atoms with Gasteiger partial charge in [-0.3, -0.25) is 0 Å². The molecule has 1 heterocycles. The van der Waals surface area contributed by atoms with E-state index in [1.165, 1.54) is 7.11 Å². The van der Waals surface area contributed by atoms with Crippen molar-refractivity contribution in [1.82, 2.24) is 5.32 Å². The maximum Gasteiger partial charge on any atom is 0.162 e. The van der Waals surface area contributed by atoms with Gasteiger partial charge in [0.15, 0.2) is 11.5 Å². The fourth-order valence-corrected chi connectivity index (χ4v) is 2.06. The van der Waals surface area contributed by atoms with Crippen LogP contribution in [0.25, 0.3) is 0 Å². The zero-order chi connectivity index (χ0) is 11.5. The zero-order valence-corrected chi connectivity index (χ0v) is 9.10. The second-order valence-corrected chi connectivity index (χ2v) is 3.92. The number of ether oxygens (including phenoxy) is 1. The average Bonchev–Trinajstić information content (AvgIpc) is 2.78. The molecule has 0 radical (unpaired) electrons. The molecule has 4 heteroatoms. The Bertz CT molecular complexity index is 426. The van der Waals surface area contributed by atoms with Crippen molar-refractivity contribution in [3.8, 4) is 17.6 Å². The van der Waals surface area contributed by atoms with Gasteiger partial charge in [0.2, 0.25) is 0 Å².